The van der Waals surface area contributed by atoms with E-state index in [1.54, 1.807) is 18.2 Å². The van der Waals surface area contributed by atoms with Gasteiger partial charge in [0.25, 0.3) is 0 Å². The Balaban J connectivity index is 2.43. The third kappa shape index (κ3) is 2.85. The first-order valence-electron chi connectivity index (χ1n) is 6.35. The normalized spacial score (nSPS) is 10.3. The zero-order valence-corrected chi connectivity index (χ0v) is 11.0. The molecule has 2 rings (SSSR count). The van der Waals surface area contributed by atoms with E-state index in [-0.39, 0.29) is 5.56 Å². The molecule has 2 aromatic carbocycles. The molecule has 2 nitrogen and oxygen atoms in total. The van der Waals surface area contributed by atoms with Crippen molar-refractivity contribution in [3.05, 3.63) is 65.2 Å². The second-order valence-corrected chi connectivity index (χ2v) is 4.27. The van der Waals surface area contributed by atoms with Crippen LogP contribution in [0.25, 0.3) is 0 Å². The van der Waals surface area contributed by atoms with E-state index in [9.17, 15) is 13.6 Å². The van der Waals surface area contributed by atoms with E-state index in [2.05, 4.69) is 0 Å². The SMILES string of the molecule is CCCOc1ccccc1C(=O)c1c(F)cccc1F. The number of ether oxygens (including phenoxy) is 1. The third-order valence-electron chi connectivity index (χ3n) is 2.78. The summed E-state index contributed by atoms with van der Waals surface area (Å²) in [6, 6.07) is 9.80. The molecule has 4 heteroatoms. The van der Waals surface area contributed by atoms with Gasteiger partial charge in [-0.15, -0.1) is 0 Å². The molecule has 0 fully saturated rings. The lowest BCUT2D eigenvalue weighted by Crippen LogP contribution is -2.10. The largest absolute Gasteiger partial charge is 0.493 e. The molecule has 0 radical (unpaired) electrons. The van der Waals surface area contributed by atoms with Crippen LogP contribution < -0.4 is 4.74 Å². The fourth-order valence-corrected chi connectivity index (χ4v) is 1.84. The smallest absolute Gasteiger partial charge is 0.202 e. The first-order valence-corrected chi connectivity index (χ1v) is 6.35. The minimum absolute atomic E-state index is 0.157. The Bertz CT molecular complexity index is 603. The molecule has 0 spiro atoms. The average Bonchev–Trinajstić information content (AvgIpc) is 2.45. The molecule has 2 aromatic rings. The molecule has 0 amide bonds. The maximum atomic E-state index is 13.7. The lowest BCUT2D eigenvalue weighted by Gasteiger charge is -2.10. The first-order chi connectivity index (χ1) is 9.65. The zero-order chi connectivity index (χ0) is 14.5. The molecule has 0 aliphatic heterocycles. The van der Waals surface area contributed by atoms with Crippen LogP contribution in [-0.2, 0) is 0 Å². The third-order valence-corrected chi connectivity index (χ3v) is 2.78. The van der Waals surface area contributed by atoms with Crippen molar-refractivity contribution in [3.63, 3.8) is 0 Å². The molecule has 0 saturated heterocycles. The van der Waals surface area contributed by atoms with E-state index in [0.29, 0.717) is 12.4 Å². The number of benzene rings is 2. The van der Waals surface area contributed by atoms with Gasteiger partial charge in [-0.05, 0) is 30.7 Å². The molecule has 0 N–H and O–H groups in total. The Morgan fingerprint density at radius 2 is 1.70 bits per heavy atom. The van der Waals surface area contributed by atoms with Gasteiger partial charge in [0, 0.05) is 0 Å². The van der Waals surface area contributed by atoms with Crippen LogP contribution in [0.2, 0.25) is 0 Å². The van der Waals surface area contributed by atoms with Gasteiger partial charge in [0.15, 0.2) is 0 Å². The summed E-state index contributed by atoms with van der Waals surface area (Å²) < 4.78 is 32.8. The number of carbonyl (C=O) groups excluding carboxylic acids is 1. The van der Waals surface area contributed by atoms with Gasteiger partial charge in [-0.1, -0.05) is 25.1 Å². The van der Waals surface area contributed by atoms with E-state index in [1.165, 1.54) is 12.1 Å². The molecule has 0 bridgehead atoms. The van der Waals surface area contributed by atoms with E-state index in [4.69, 9.17) is 4.74 Å². The van der Waals surface area contributed by atoms with Crippen LogP contribution in [0.3, 0.4) is 0 Å². The van der Waals surface area contributed by atoms with Crippen molar-refractivity contribution in [3.8, 4) is 5.75 Å². The summed E-state index contributed by atoms with van der Waals surface area (Å²) in [4.78, 5) is 12.3. The molecule has 104 valence electrons. The van der Waals surface area contributed by atoms with Crippen molar-refractivity contribution in [2.24, 2.45) is 0 Å². The lowest BCUT2D eigenvalue weighted by molar-refractivity contribution is 0.102. The summed E-state index contributed by atoms with van der Waals surface area (Å²) in [5.41, 5.74) is -0.398. The number of ketones is 1. The van der Waals surface area contributed by atoms with Crippen LogP contribution in [-0.4, -0.2) is 12.4 Å². The van der Waals surface area contributed by atoms with Gasteiger partial charge in [0.2, 0.25) is 5.78 Å². The van der Waals surface area contributed by atoms with Gasteiger partial charge in [-0.2, -0.15) is 0 Å². The van der Waals surface area contributed by atoms with Gasteiger partial charge >= 0.3 is 0 Å². The Morgan fingerprint density at radius 1 is 1.05 bits per heavy atom. The van der Waals surface area contributed by atoms with Crippen molar-refractivity contribution >= 4 is 5.78 Å². The molecule has 20 heavy (non-hydrogen) atoms. The number of hydrogen-bond donors (Lipinski definition) is 0. The zero-order valence-electron chi connectivity index (χ0n) is 11.0. The molecule has 0 atom stereocenters. The molecule has 0 unspecified atom stereocenters. The predicted molar refractivity (Wildman–Crippen MR) is 72.0 cm³/mol. The van der Waals surface area contributed by atoms with E-state index < -0.39 is 23.0 Å². The Kier molecular flexibility index (Phi) is 4.45. The lowest BCUT2D eigenvalue weighted by atomic mass is 10.0. The molecule has 0 saturated carbocycles. The highest BCUT2D eigenvalue weighted by atomic mass is 19.1. The summed E-state index contributed by atoms with van der Waals surface area (Å²) in [7, 11) is 0. The molecule has 0 aromatic heterocycles. The molecule has 0 aliphatic carbocycles. The topological polar surface area (TPSA) is 26.3 Å². The minimum Gasteiger partial charge on any atom is -0.493 e. The van der Waals surface area contributed by atoms with Crippen molar-refractivity contribution < 1.29 is 18.3 Å². The summed E-state index contributed by atoms with van der Waals surface area (Å²) in [5, 5.41) is 0. The first kappa shape index (κ1) is 14.2. The molecule has 0 heterocycles. The summed E-state index contributed by atoms with van der Waals surface area (Å²) in [6.45, 7) is 2.37. The number of carbonyl (C=O) groups is 1. The minimum atomic E-state index is -0.875. The van der Waals surface area contributed by atoms with Crippen molar-refractivity contribution in [1.29, 1.82) is 0 Å². The number of para-hydroxylation sites is 1. The van der Waals surface area contributed by atoms with Crippen molar-refractivity contribution in [2.75, 3.05) is 6.61 Å². The monoisotopic (exact) mass is 276 g/mol. The fourth-order valence-electron chi connectivity index (χ4n) is 1.84. The van der Waals surface area contributed by atoms with Crippen LogP contribution in [0.5, 0.6) is 5.75 Å². The highest BCUT2D eigenvalue weighted by molar-refractivity contribution is 6.11. The number of halogens is 2. The summed E-state index contributed by atoms with van der Waals surface area (Å²) >= 11 is 0. The fraction of sp³-hybridized carbons (Fsp3) is 0.188. The van der Waals surface area contributed by atoms with E-state index in [1.807, 2.05) is 6.92 Å². The average molecular weight is 276 g/mol. The van der Waals surface area contributed by atoms with Gasteiger partial charge in [-0.3, -0.25) is 4.79 Å². The van der Waals surface area contributed by atoms with Crippen LogP contribution in [0.4, 0.5) is 8.78 Å². The van der Waals surface area contributed by atoms with Crippen LogP contribution in [0.1, 0.15) is 29.3 Å². The highest BCUT2D eigenvalue weighted by Crippen LogP contribution is 2.24. The maximum Gasteiger partial charge on any atom is 0.202 e. The van der Waals surface area contributed by atoms with E-state index >= 15 is 0 Å². The van der Waals surface area contributed by atoms with Crippen LogP contribution in [0, 0.1) is 11.6 Å². The van der Waals surface area contributed by atoms with Gasteiger partial charge < -0.3 is 4.74 Å². The Morgan fingerprint density at radius 3 is 2.35 bits per heavy atom. The van der Waals surface area contributed by atoms with E-state index in [0.717, 1.165) is 18.6 Å². The second kappa shape index (κ2) is 6.28. The van der Waals surface area contributed by atoms with Gasteiger partial charge in [0.05, 0.1) is 17.7 Å². The number of rotatable bonds is 5. The molecular formula is C16H14F2O2. The van der Waals surface area contributed by atoms with Gasteiger partial charge in [0.1, 0.15) is 17.4 Å². The van der Waals surface area contributed by atoms with Gasteiger partial charge in [-0.25, -0.2) is 8.78 Å². The van der Waals surface area contributed by atoms with Crippen LogP contribution in [0.15, 0.2) is 42.5 Å². The summed E-state index contributed by atoms with van der Waals surface area (Å²) in [5.74, 6) is -2.13. The highest BCUT2D eigenvalue weighted by Gasteiger charge is 2.21. The summed E-state index contributed by atoms with van der Waals surface area (Å²) in [6.07, 6.45) is 0.774. The van der Waals surface area contributed by atoms with Crippen molar-refractivity contribution in [1.82, 2.24) is 0 Å². The predicted octanol–water partition coefficient (Wildman–Crippen LogP) is 3.98. The van der Waals surface area contributed by atoms with Crippen molar-refractivity contribution in [2.45, 2.75) is 13.3 Å². The van der Waals surface area contributed by atoms with Crippen LogP contribution >= 0.6 is 0 Å². The number of hydrogen-bond acceptors (Lipinski definition) is 2. The maximum absolute atomic E-state index is 13.7. The standard InChI is InChI=1S/C16H14F2O2/c1-2-10-20-14-9-4-3-6-11(14)16(19)15-12(17)7-5-8-13(15)18/h3-9H,2,10H2,1H3. The quantitative estimate of drug-likeness (QED) is 0.772. The molecular weight excluding hydrogens is 262 g/mol. The second-order valence-electron chi connectivity index (χ2n) is 4.27. The molecule has 0 aliphatic rings. The Labute approximate surface area is 116 Å². The Hall–Kier alpha value is -2.23.